The summed E-state index contributed by atoms with van der Waals surface area (Å²) in [5, 5.41) is 4.84. The highest BCUT2D eigenvalue weighted by Crippen LogP contribution is 2.21. The van der Waals surface area contributed by atoms with Gasteiger partial charge < -0.3 is 10.3 Å². The molecule has 1 heterocycles. The number of aryl methyl sites for hydroxylation is 1. The molecule has 2 heteroatoms. The Labute approximate surface area is 89.7 Å². The number of nitrogens with one attached hydrogen (secondary N) is 2. The third kappa shape index (κ3) is 1.90. The summed E-state index contributed by atoms with van der Waals surface area (Å²) in [6, 6.07) is 9.56. The fourth-order valence-corrected chi connectivity index (χ4v) is 1.95. The summed E-state index contributed by atoms with van der Waals surface area (Å²) in [6.45, 7) is 3.10. The number of aromatic amines is 1. The minimum Gasteiger partial charge on any atom is -0.357 e. The van der Waals surface area contributed by atoms with Crippen LogP contribution in [0.2, 0.25) is 0 Å². The average Bonchev–Trinajstić information content (AvgIpc) is 2.95. The number of hydrogen-bond donors (Lipinski definition) is 2. The molecule has 0 unspecified atom stereocenters. The van der Waals surface area contributed by atoms with Crippen LogP contribution in [0.1, 0.15) is 24.1 Å². The molecule has 2 nitrogen and oxygen atoms in total. The number of aromatic nitrogens is 1. The third-order valence-corrected chi connectivity index (χ3v) is 2.99. The summed E-state index contributed by atoms with van der Waals surface area (Å²) >= 11 is 0. The van der Waals surface area contributed by atoms with Gasteiger partial charge in [-0.2, -0.15) is 0 Å². The standard InChI is InChI=1S/C13H16N2/c1-9-2-5-13-10(6-9)7-12(15-13)8-14-11-3-4-11/h2,5-7,11,14-15H,3-4,8H2,1H3. The molecule has 1 aliphatic rings. The molecule has 0 atom stereocenters. The van der Waals surface area contributed by atoms with Crippen LogP contribution in [-0.4, -0.2) is 11.0 Å². The zero-order chi connectivity index (χ0) is 10.3. The van der Waals surface area contributed by atoms with Gasteiger partial charge in [-0.1, -0.05) is 11.6 Å². The lowest BCUT2D eigenvalue weighted by molar-refractivity contribution is 0.678. The molecule has 15 heavy (non-hydrogen) atoms. The van der Waals surface area contributed by atoms with E-state index in [0.29, 0.717) is 0 Å². The normalized spacial score (nSPS) is 16.1. The topological polar surface area (TPSA) is 27.8 Å². The molecule has 1 aromatic carbocycles. The lowest BCUT2D eigenvalue weighted by Gasteiger charge is -1.98. The van der Waals surface area contributed by atoms with Crippen LogP contribution in [0.4, 0.5) is 0 Å². The Morgan fingerprint density at radius 1 is 1.33 bits per heavy atom. The molecule has 0 aliphatic heterocycles. The molecule has 0 amide bonds. The van der Waals surface area contributed by atoms with Crippen LogP contribution in [0.5, 0.6) is 0 Å². The molecule has 78 valence electrons. The zero-order valence-corrected chi connectivity index (χ0v) is 9.01. The van der Waals surface area contributed by atoms with E-state index in [1.807, 2.05) is 0 Å². The summed E-state index contributed by atoms with van der Waals surface area (Å²) in [7, 11) is 0. The van der Waals surface area contributed by atoms with E-state index in [1.165, 1.54) is 35.0 Å². The van der Waals surface area contributed by atoms with E-state index in [0.717, 1.165) is 12.6 Å². The number of hydrogen-bond acceptors (Lipinski definition) is 1. The van der Waals surface area contributed by atoms with Crippen LogP contribution in [-0.2, 0) is 6.54 Å². The highest BCUT2D eigenvalue weighted by molar-refractivity contribution is 5.81. The van der Waals surface area contributed by atoms with Gasteiger partial charge in [0.25, 0.3) is 0 Å². The molecule has 0 bridgehead atoms. The van der Waals surface area contributed by atoms with Gasteiger partial charge in [-0.25, -0.2) is 0 Å². The number of H-pyrrole nitrogens is 1. The Bertz CT molecular complexity index is 480. The van der Waals surface area contributed by atoms with E-state index < -0.39 is 0 Å². The van der Waals surface area contributed by atoms with E-state index in [-0.39, 0.29) is 0 Å². The van der Waals surface area contributed by atoms with Crippen molar-refractivity contribution in [2.24, 2.45) is 0 Å². The van der Waals surface area contributed by atoms with Crippen molar-refractivity contribution in [3.8, 4) is 0 Å². The first kappa shape index (κ1) is 8.98. The quantitative estimate of drug-likeness (QED) is 0.783. The first-order valence-electron chi connectivity index (χ1n) is 5.63. The smallest absolute Gasteiger partial charge is 0.0456 e. The maximum absolute atomic E-state index is 3.52. The fraction of sp³-hybridized carbons (Fsp3) is 0.385. The summed E-state index contributed by atoms with van der Waals surface area (Å²) in [5.74, 6) is 0. The predicted molar refractivity (Wildman–Crippen MR) is 62.9 cm³/mol. The Morgan fingerprint density at radius 2 is 2.20 bits per heavy atom. The molecule has 1 fully saturated rings. The Morgan fingerprint density at radius 3 is 3.00 bits per heavy atom. The molecule has 2 N–H and O–H groups in total. The van der Waals surface area contributed by atoms with Crippen molar-refractivity contribution in [2.75, 3.05) is 0 Å². The Hall–Kier alpha value is -1.28. The Balaban J connectivity index is 1.84. The van der Waals surface area contributed by atoms with Gasteiger partial charge in [0.15, 0.2) is 0 Å². The maximum Gasteiger partial charge on any atom is 0.0456 e. The summed E-state index contributed by atoms with van der Waals surface area (Å²) in [5.41, 5.74) is 3.86. The van der Waals surface area contributed by atoms with Gasteiger partial charge >= 0.3 is 0 Å². The van der Waals surface area contributed by atoms with Gasteiger partial charge in [0, 0.05) is 23.8 Å². The van der Waals surface area contributed by atoms with Gasteiger partial charge in [-0.3, -0.25) is 0 Å². The van der Waals surface area contributed by atoms with E-state index in [4.69, 9.17) is 0 Å². The van der Waals surface area contributed by atoms with Crippen molar-refractivity contribution in [2.45, 2.75) is 32.4 Å². The van der Waals surface area contributed by atoms with Crippen molar-refractivity contribution >= 4 is 10.9 Å². The fourth-order valence-electron chi connectivity index (χ4n) is 1.95. The third-order valence-electron chi connectivity index (χ3n) is 2.99. The Kier molecular flexibility index (Phi) is 2.03. The van der Waals surface area contributed by atoms with Crippen LogP contribution < -0.4 is 5.32 Å². The minimum absolute atomic E-state index is 0.776. The first-order chi connectivity index (χ1) is 7.31. The van der Waals surface area contributed by atoms with Crippen molar-refractivity contribution in [1.29, 1.82) is 0 Å². The van der Waals surface area contributed by atoms with Crippen LogP contribution >= 0.6 is 0 Å². The maximum atomic E-state index is 3.52. The molecular formula is C13H16N2. The molecule has 3 rings (SSSR count). The van der Waals surface area contributed by atoms with Gasteiger partial charge in [0.05, 0.1) is 0 Å². The van der Waals surface area contributed by atoms with E-state index in [2.05, 4.69) is 41.5 Å². The van der Waals surface area contributed by atoms with Crippen LogP contribution in [0.25, 0.3) is 10.9 Å². The molecule has 0 spiro atoms. The first-order valence-corrected chi connectivity index (χ1v) is 5.63. The van der Waals surface area contributed by atoms with E-state index >= 15 is 0 Å². The van der Waals surface area contributed by atoms with Crippen molar-refractivity contribution in [3.63, 3.8) is 0 Å². The SMILES string of the molecule is Cc1ccc2[nH]c(CNC3CC3)cc2c1. The minimum atomic E-state index is 0.776. The summed E-state index contributed by atoms with van der Waals surface area (Å²) < 4.78 is 0. The molecule has 1 aliphatic carbocycles. The van der Waals surface area contributed by atoms with Crippen molar-refractivity contribution < 1.29 is 0 Å². The largest absolute Gasteiger partial charge is 0.357 e. The lowest BCUT2D eigenvalue weighted by Crippen LogP contribution is -2.15. The second-order valence-corrected chi connectivity index (χ2v) is 4.54. The second-order valence-electron chi connectivity index (χ2n) is 4.54. The second kappa shape index (κ2) is 3.38. The van der Waals surface area contributed by atoms with Crippen molar-refractivity contribution in [1.82, 2.24) is 10.3 Å². The number of fused-ring (bicyclic) bond motifs is 1. The predicted octanol–water partition coefficient (Wildman–Crippen LogP) is 2.73. The van der Waals surface area contributed by atoms with Crippen LogP contribution in [0, 0.1) is 6.92 Å². The summed E-state index contributed by atoms with van der Waals surface area (Å²) in [6.07, 6.45) is 2.69. The molecule has 0 radical (unpaired) electrons. The highest BCUT2D eigenvalue weighted by atomic mass is 15.0. The number of benzene rings is 1. The van der Waals surface area contributed by atoms with Crippen LogP contribution in [0.3, 0.4) is 0 Å². The van der Waals surface area contributed by atoms with Gasteiger partial charge in [0.1, 0.15) is 0 Å². The highest BCUT2D eigenvalue weighted by Gasteiger charge is 2.20. The molecule has 2 aromatic rings. The van der Waals surface area contributed by atoms with Crippen molar-refractivity contribution in [3.05, 3.63) is 35.5 Å². The lowest BCUT2D eigenvalue weighted by atomic mass is 10.2. The van der Waals surface area contributed by atoms with Gasteiger partial charge in [-0.15, -0.1) is 0 Å². The summed E-state index contributed by atoms with van der Waals surface area (Å²) in [4.78, 5) is 3.44. The van der Waals surface area contributed by atoms with Gasteiger partial charge in [0.2, 0.25) is 0 Å². The van der Waals surface area contributed by atoms with E-state index in [1.54, 1.807) is 0 Å². The molecule has 1 aromatic heterocycles. The monoisotopic (exact) mass is 200 g/mol. The zero-order valence-electron chi connectivity index (χ0n) is 9.01. The van der Waals surface area contributed by atoms with Gasteiger partial charge in [-0.05, 0) is 43.4 Å². The average molecular weight is 200 g/mol. The van der Waals surface area contributed by atoms with Crippen LogP contribution in [0.15, 0.2) is 24.3 Å². The van der Waals surface area contributed by atoms with E-state index in [9.17, 15) is 0 Å². The molecular weight excluding hydrogens is 184 g/mol. The molecule has 0 saturated heterocycles. The molecule has 1 saturated carbocycles. The number of rotatable bonds is 3.